The average molecular weight is 419 g/mol. The fourth-order valence-electron chi connectivity index (χ4n) is 3.13. The summed E-state index contributed by atoms with van der Waals surface area (Å²) in [4.78, 5) is 12.7. The Kier molecular flexibility index (Phi) is 5.20. The van der Waals surface area contributed by atoms with Crippen LogP contribution in [-0.4, -0.2) is 51.9 Å². The molecular formula is C17H18N6O3S2. The predicted octanol–water partition coefficient (Wildman–Crippen LogP) is 1.76. The molecule has 1 atom stereocenters. The number of piperidine rings is 1. The van der Waals surface area contributed by atoms with Crippen LogP contribution in [0, 0.1) is 5.92 Å². The molecule has 0 radical (unpaired) electrons. The number of hydrogen-bond acceptors (Lipinski definition) is 7. The number of hydrogen-bond donors (Lipinski definition) is 1. The number of aromatic nitrogens is 4. The van der Waals surface area contributed by atoms with E-state index < -0.39 is 10.0 Å². The van der Waals surface area contributed by atoms with Crippen molar-refractivity contribution in [1.29, 1.82) is 0 Å². The first-order valence-corrected chi connectivity index (χ1v) is 11.0. The summed E-state index contributed by atoms with van der Waals surface area (Å²) in [6.45, 7) is 0.624. The van der Waals surface area contributed by atoms with E-state index >= 15 is 0 Å². The number of carbonyl (C=O) groups is 1. The smallest absolute Gasteiger partial charge is 0.252 e. The molecule has 1 fully saturated rings. The Balaban J connectivity index is 1.42. The Bertz CT molecular complexity index is 1030. The molecule has 9 nitrogen and oxygen atoms in total. The maximum absolute atomic E-state index is 12.7. The van der Waals surface area contributed by atoms with Gasteiger partial charge >= 0.3 is 0 Å². The molecule has 0 aliphatic carbocycles. The number of anilines is 1. The number of amides is 1. The summed E-state index contributed by atoms with van der Waals surface area (Å²) in [5.41, 5.74) is 1.41. The van der Waals surface area contributed by atoms with Crippen LogP contribution in [0.5, 0.6) is 0 Å². The van der Waals surface area contributed by atoms with E-state index in [-0.39, 0.29) is 18.4 Å². The molecule has 4 rings (SSSR count). The third-order valence-corrected chi connectivity index (χ3v) is 7.83. The third-order valence-electron chi connectivity index (χ3n) is 4.59. The van der Waals surface area contributed by atoms with Crippen molar-refractivity contribution in [1.82, 2.24) is 24.5 Å². The predicted molar refractivity (Wildman–Crippen MR) is 104 cm³/mol. The summed E-state index contributed by atoms with van der Waals surface area (Å²) in [6, 6.07) is 10.4. The minimum Gasteiger partial charge on any atom is -0.326 e. The molecule has 1 aromatic carbocycles. The molecule has 0 spiro atoms. The lowest BCUT2D eigenvalue weighted by molar-refractivity contribution is -0.120. The molecule has 1 N–H and O–H groups in total. The van der Waals surface area contributed by atoms with Crippen molar-refractivity contribution in [3.05, 3.63) is 48.1 Å². The topological polar surface area (TPSA) is 110 Å². The van der Waals surface area contributed by atoms with E-state index in [0.29, 0.717) is 29.3 Å². The van der Waals surface area contributed by atoms with Crippen molar-refractivity contribution in [2.75, 3.05) is 18.4 Å². The molecule has 1 aliphatic rings. The maximum atomic E-state index is 12.7. The second-order valence-electron chi connectivity index (χ2n) is 6.42. The average Bonchev–Trinajstić information content (AvgIpc) is 3.43. The summed E-state index contributed by atoms with van der Waals surface area (Å²) in [7, 11) is -3.54. The van der Waals surface area contributed by atoms with Gasteiger partial charge in [-0.25, -0.2) is 13.1 Å². The zero-order valence-corrected chi connectivity index (χ0v) is 16.4. The van der Waals surface area contributed by atoms with Gasteiger partial charge in [0.1, 0.15) is 10.5 Å². The van der Waals surface area contributed by atoms with E-state index in [1.165, 1.54) is 26.7 Å². The fraction of sp³-hybridized carbons (Fsp3) is 0.294. The first-order chi connectivity index (χ1) is 13.5. The molecule has 1 saturated heterocycles. The number of carbonyl (C=O) groups excluding carboxylic acids is 1. The van der Waals surface area contributed by atoms with E-state index in [9.17, 15) is 13.2 Å². The van der Waals surface area contributed by atoms with E-state index in [2.05, 4.69) is 20.8 Å². The number of nitrogens with one attached hydrogen (secondary N) is 1. The summed E-state index contributed by atoms with van der Waals surface area (Å²) in [5, 5.41) is 15.6. The van der Waals surface area contributed by atoms with Gasteiger partial charge in [0.05, 0.1) is 11.6 Å². The lowest BCUT2D eigenvalue weighted by Gasteiger charge is -2.30. The van der Waals surface area contributed by atoms with E-state index in [1.807, 2.05) is 0 Å². The molecule has 0 bridgehead atoms. The molecule has 1 amide bonds. The Morgan fingerprint density at radius 2 is 2.04 bits per heavy atom. The Morgan fingerprint density at radius 3 is 2.71 bits per heavy atom. The number of rotatable bonds is 5. The van der Waals surface area contributed by atoms with Crippen LogP contribution in [0.2, 0.25) is 0 Å². The van der Waals surface area contributed by atoms with Crippen molar-refractivity contribution in [2.24, 2.45) is 5.92 Å². The van der Waals surface area contributed by atoms with E-state index in [0.717, 1.165) is 5.69 Å². The zero-order chi connectivity index (χ0) is 19.6. The molecule has 1 aliphatic heterocycles. The van der Waals surface area contributed by atoms with Gasteiger partial charge in [-0.2, -0.15) is 4.31 Å². The summed E-state index contributed by atoms with van der Waals surface area (Å²) < 4.78 is 28.7. The summed E-state index contributed by atoms with van der Waals surface area (Å²) >= 11 is 1.19. The lowest BCUT2D eigenvalue weighted by Crippen LogP contribution is -2.43. The standard InChI is InChI=1S/C17H18N6O3S2/c24-17(19-14-5-7-15(8-6-14)23-12-18-20-21-23)13-3-1-9-22(11-13)28(25,26)16-4-2-10-27-16/h2,4-8,10,12-13H,1,3,9,11H2,(H,19,24)/t13-/m1/s1. The Hall–Kier alpha value is -2.63. The summed E-state index contributed by atoms with van der Waals surface area (Å²) in [5.74, 6) is -0.566. The van der Waals surface area contributed by atoms with Gasteiger partial charge in [-0.15, -0.1) is 16.4 Å². The lowest BCUT2D eigenvalue weighted by atomic mass is 9.98. The second kappa shape index (κ2) is 7.78. The van der Waals surface area contributed by atoms with Crippen LogP contribution in [0.15, 0.2) is 52.3 Å². The van der Waals surface area contributed by atoms with Crippen molar-refractivity contribution in [2.45, 2.75) is 17.1 Å². The Labute approximate surface area is 166 Å². The Morgan fingerprint density at radius 1 is 1.21 bits per heavy atom. The third kappa shape index (κ3) is 3.81. The quantitative estimate of drug-likeness (QED) is 0.676. The van der Waals surface area contributed by atoms with Gasteiger partial charge in [0.2, 0.25) is 5.91 Å². The van der Waals surface area contributed by atoms with Crippen molar-refractivity contribution in [3.63, 3.8) is 0 Å². The molecule has 146 valence electrons. The van der Waals surface area contributed by atoms with Crippen LogP contribution in [0.4, 0.5) is 5.69 Å². The normalized spacial score (nSPS) is 18.1. The first-order valence-electron chi connectivity index (χ1n) is 8.72. The number of sulfonamides is 1. The van der Waals surface area contributed by atoms with Crippen molar-refractivity contribution < 1.29 is 13.2 Å². The largest absolute Gasteiger partial charge is 0.326 e. The minimum atomic E-state index is -3.54. The van der Waals surface area contributed by atoms with Gasteiger partial charge in [0, 0.05) is 18.8 Å². The SMILES string of the molecule is O=C(Nc1ccc(-n2cnnn2)cc1)[C@@H]1CCCN(S(=O)(=O)c2cccs2)C1. The number of benzene rings is 1. The van der Waals surface area contributed by atoms with Crippen LogP contribution in [0.25, 0.3) is 5.69 Å². The van der Waals surface area contributed by atoms with Crippen molar-refractivity contribution in [3.8, 4) is 5.69 Å². The number of nitrogens with zero attached hydrogens (tertiary/aromatic N) is 5. The van der Waals surface area contributed by atoms with Gasteiger partial charge in [-0.3, -0.25) is 4.79 Å². The number of tetrazole rings is 1. The van der Waals surface area contributed by atoms with Crippen LogP contribution in [-0.2, 0) is 14.8 Å². The summed E-state index contributed by atoms with van der Waals surface area (Å²) in [6.07, 6.45) is 2.80. The number of thiophene rings is 1. The van der Waals surface area contributed by atoms with Crippen LogP contribution in [0.1, 0.15) is 12.8 Å². The van der Waals surface area contributed by atoms with Gasteiger partial charge in [0.25, 0.3) is 10.0 Å². The van der Waals surface area contributed by atoms with Gasteiger partial charge in [-0.1, -0.05) is 6.07 Å². The molecule has 28 heavy (non-hydrogen) atoms. The maximum Gasteiger partial charge on any atom is 0.252 e. The molecule has 11 heteroatoms. The second-order valence-corrected chi connectivity index (χ2v) is 9.54. The highest BCUT2D eigenvalue weighted by Crippen LogP contribution is 2.27. The van der Waals surface area contributed by atoms with E-state index in [4.69, 9.17) is 0 Å². The highest BCUT2D eigenvalue weighted by atomic mass is 32.2. The first kappa shape index (κ1) is 18.7. The monoisotopic (exact) mass is 418 g/mol. The van der Waals surface area contributed by atoms with Gasteiger partial charge in [0.15, 0.2) is 0 Å². The van der Waals surface area contributed by atoms with Crippen LogP contribution in [0.3, 0.4) is 0 Å². The van der Waals surface area contributed by atoms with Crippen molar-refractivity contribution >= 4 is 33.0 Å². The van der Waals surface area contributed by atoms with E-state index in [1.54, 1.807) is 41.8 Å². The molecule has 0 unspecified atom stereocenters. The molecule has 2 aromatic heterocycles. The molecule has 0 saturated carbocycles. The molecule has 3 aromatic rings. The van der Waals surface area contributed by atoms with Gasteiger partial charge in [-0.05, 0) is 59.0 Å². The van der Waals surface area contributed by atoms with Crippen LogP contribution >= 0.6 is 11.3 Å². The fourth-order valence-corrected chi connectivity index (χ4v) is 5.80. The highest BCUT2D eigenvalue weighted by Gasteiger charge is 2.33. The van der Waals surface area contributed by atoms with Crippen LogP contribution < -0.4 is 5.32 Å². The molecule has 3 heterocycles. The minimum absolute atomic E-state index is 0.179. The molecular weight excluding hydrogens is 400 g/mol. The zero-order valence-electron chi connectivity index (χ0n) is 14.8. The van der Waals surface area contributed by atoms with Gasteiger partial charge < -0.3 is 5.32 Å². The highest BCUT2D eigenvalue weighted by molar-refractivity contribution is 7.91.